The Morgan fingerprint density at radius 1 is 1.12 bits per heavy atom. The molecule has 0 spiro atoms. The second kappa shape index (κ2) is 9.38. The van der Waals surface area contributed by atoms with Crippen LogP contribution in [0.25, 0.3) is 0 Å². The number of anilines is 1. The lowest BCUT2D eigenvalue weighted by Crippen LogP contribution is -2.60. The van der Waals surface area contributed by atoms with Gasteiger partial charge in [0.1, 0.15) is 0 Å². The molecular formula is C21H33N3O2. The zero-order chi connectivity index (χ0) is 18.2. The minimum Gasteiger partial charge on any atom is -0.379 e. The molecule has 2 fully saturated rings. The monoisotopic (exact) mass is 359 g/mol. The minimum absolute atomic E-state index is 0.102. The molecule has 0 bridgehead atoms. The van der Waals surface area contributed by atoms with Gasteiger partial charge in [0.05, 0.1) is 13.2 Å². The first-order valence-corrected chi connectivity index (χ1v) is 10.2. The molecule has 0 radical (unpaired) electrons. The summed E-state index contributed by atoms with van der Waals surface area (Å²) in [6.45, 7) is 6.45. The number of rotatable bonds is 6. The number of carbonyl (C=O) groups excluding carboxylic acids is 1. The normalized spacial score (nSPS) is 20.5. The quantitative estimate of drug-likeness (QED) is 0.812. The average Bonchev–Trinajstić information content (AvgIpc) is 2.70. The van der Waals surface area contributed by atoms with E-state index in [0.29, 0.717) is 6.54 Å². The van der Waals surface area contributed by atoms with Gasteiger partial charge in [-0.05, 0) is 37.0 Å². The number of nitrogens with one attached hydrogen (secondary N) is 2. The van der Waals surface area contributed by atoms with Crippen molar-refractivity contribution in [2.75, 3.05) is 38.2 Å². The number of urea groups is 1. The van der Waals surface area contributed by atoms with Crippen molar-refractivity contribution >= 4 is 11.7 Å². The maximum atomic E-state index is 12.4. The topological polar surface area (TPSA) is 53.6 Å². The fourth-order valence-corrected chi connectivity index (χ4v) is 4.32. The van der Waals surface area contributed by atoms with Crippen LogP contribution >= 0.6 is 0 Å². The molecule has 2 N–H and O–H groups in total. The van der Waals surface area contributed by atoms with E-state index in [2.05, 4.69) is 34.6 Å². The molecule has 5 nitrogen and oxygen atoms in total. The summed E-state index contributed by atoms with van der Waals surface area (Å²) in [6.07, 6.45) is 8.35. The predicted molar refractivity (Wildman–Crippen MR) is 106 cm³/mol. The molecule has 0 atom stereocenters. The Kier molecular flexibility index (Phi) is 6.92. The molecule has 26 heavy (non-hydrogen) atoms. The van der Waals surface area contributed by atoms with E-state index in [4.69, 9.17) is 4.74 Å². The molecule has 1 aliphatic heterocycles. The van der Waals surface area contributed by atoms with Gasteiger partial charge in [0.15, 0.2) is 0 Å². The Labute approximate surface area is 157 Å². The number of amides is 2. The predicted octanol–water partition coefficient (Wildman–Crippen LogP) is 3.80. The van der Waals surface area contributed by atoms with Crippen LogP contribution in [0.3, 0.4) is 0 Å². The van der Waals surface area contributed by atoms with Crippen molar-refractivity contribution in [2.24, 2.45) is 0 Å². The van der Waals surface area contributed by atoms with Crippen LogP contribution in [-0.2, 0) is 11.2 Å². The second-order valence-corrected chi connectivity index (χ2v) is 7.64. The Balaban J connectivity index is 1.55. The third-order valence-corrected chi connectivity index (χ3v) is 5.79. The van der Waals surface area contributed by atoms with Crippen molar-refractivity contribution < 1.29 is 9.53 Å². The highest BCUT2D eigenvalue weighted by Crippen LogP contribution is 2.33. The minimum atomic E-state index is -0.105. The van der Waals surface area contributed by atoms with Crippen LogP contribution in [0, 0.1) is 0 Å². The molecule has 5 heteroatoms. The molecule has 2 amide bonds. The van der Waals surface area contributed by atoms with Gasteiger partial charge in [0, 0.05) is 30.9 Å². The molecule has 3 rings (SSSR count). The molecule has 1 saturated heterocycles. The first kappa shape index (κ1) is 19.2. The number of hydrogen-bond acceptors (Lipinski definition) is 3. The number of ether oxygens (including phenoxy) is 1. The van der Waals surface area contributed by atoms with Crippen molar-refractivity contribution in [1.29, 1.82) is 0 Å². The highest BCUT2D eigenvalue weighted by Gasteiger charge is 2.38. The van der Waals surface area contributed by atoms with E-state index in [9.17, 15) is 4.79 Å². The van der Waals surface area contributed by atoms with Gasteiger partial charge in [0.25, 0.3) is 0 Å². The van der Waals surface area contributed by atoms with Crippen molar-refractivity contribution in [3.05, 3.63) is 29.8 Å². The Morgan fingerprint density at radius 3 is 2.46 bits per heavy atom. The number of morpholine rings is 1. The summed E-state index contributed by atoms with van der Waals surface area (Å²) in [6, 6.07) is 8.06. The van der Waals surface area contributed by atoms with Crippen molar-refractivity contribution in [1.82, 2.24) is 10.2 Å². The summed E-state index contributed by atoms with van der Waals surface area (Å²) in [4.78, 5) is 15.0. The highest BCUT2D eigenvalue weighted by atomic mass is 16.5. The van der Waals surface area contributed by atoms with Crippen LogP contribution in [0.1, 0.15) is 51.0 Å². The maximum absolute atomic E-state index is 12.4. The summed E-state index contributed by atoms with van der Waals surface area (Å²) in [5.41, 5.74) is 2.27. The van der Waals surface area contributed by atoms with Crippen LogP contribution in [0.5, 0.6) is 0 Å². The SMILES string of the molecule is CCCc1ccc(NC(=O)NCC2(N3CCOCC3)CCCCC2)cc1. The molecule has 1 saturated carbocycles. The van der Waals surface area contributed by atoms with Gasteiger partial charge in [0.2, 0.25) is 0 Å². The van der Waals surface area contributed by atoms with Gasteiger partial charge in [-0.3, -0.25) is 4.90 Å². The van der Waals surface area contributed by atoms with E-state index in [1.54, 1.807) is 0 Å². The molecule has 1 aromatic rings. The Morgan fingerprint density at radius 2 is 1.81 bits per heavy atom. The third kappa shape index (κ3) is 4.98. The molecule has 2 aliphatic rings. The molecule has 0 aromatic heterocycles. The zero-order valence-electron chi connectivity index (χ0n) is 16.1. The third-order valence-electron chi connectivity index (χ3n) is 5.79. The van der Waals surface area contributed by atoms with Gasteiger partial charge in [-0.1, -0.05) is 44.7 Å². The fraction of sp³-hybridized carbons (Fsp3) is 0.667. The van der Waals surface area contributed by atoms with Crippen LogP contribution < -0.4 is 10.6 Å². The van der Waals surface area contributed by atoms with Crippen LogP contribution in [0.4, 0.5) is 10.5 Å². The van der Waals surface area contributed by atoms with E-state index in [1.165, 1.54) is 37.7 Å². The van der Waals surface area contributed by atoms with Crippen molar-refractivity contribution in [2.45, 2.75) is 57.4 Å². The Hall–Kier alpha value is -1.59. The van der Waals surface area contributed by atoms with Gasteiger partial charge in [-0.15, -0.1) is 0 Å². The smallest absolute Gasteiger partial charge is 0.319 e. The average molecular weight is 360 g/mol. The number of nitrogens with zero attached hydrogens (tertiary/aromatic N) is 1. The lowest BCUT2D eigenvalue weighted by molar-refractivity contribution is -0.0356. The van der Waals surface area contributed by atoms with Gasteiger partial charge < -0.3 is 15.4 Å². The van der Waals surface area contributed by atoms with E-state index < -0.39 is 0 Å². The number of hydrogen-bond donors (Lipinski definition) is 2. The van der Waals surface area contributed by atoms with Gasteiger partial charge in [-0.25, -0.2) is 4.79 Å². The first-order valence-electron chi connectivity index (χ1n) is 10.2. The van der Waals surface area contributed by atoms with Crippen molar-refractivity contribution in [3.63, 3.8) is 0 Å². The zero-order valence-corrected chi connectivity index (χ0v) is 16.1. The highest BCUT2D eigenvalue weighted by molar-refractivity contribution is 5.89. The maximum Gasteiger partial charge on any atom is 0.319 e. The largest absolute Gasteiger partial charge is 0.379 e. The standard InChI is InChI=1S/C21H33N3O2/c1-2-6-18-7-9-19(10-8-18)23-20(25)22-17-21(11-4-3-5-12-21)24-13-15-26-16-14-24/h7-10H,2-6,11-17H2,1H3,(H2,22,23,25). The summed E-state index contributed by atoms with van der Waals surface area (Å²) in [5, 5.41) is 6.12. The summed E-state index contributed by atoms with van der Waals surface area (Å²) in [7, 11) is 0. The van der Waals surface area contributed by atoms with E-state index >= 15 is 0 Å². The summed E-state index contributed by atoms with van der Waals surface area (Å²) in [5.74, 6) is 0. The van der Waals surface area contributed by atoms with Gasteiger partial charge >= 0.3 is 6.03 Å². The Bertz CT molecular complexity index is 561. The van der Waals surface area contributed by atoms with Crippen LogP contribution in [0.2, 0.25) is 0 Å². The molecule has 1 aromatic carbocycles. The van der Waals surface area contributed by atoms with Gasteiger partial charge in [-0.2, -0.15) is 0 Å². The lowest BCUT2D eigenvalue weighted by Gasteiger charge is -2.48. The fourth-order valence-electron chi connectivity index (χ4n) is 4.32. The molecule has 0 unspecified atom stereocenters. The molecule has 1 heterocycles. The lowest BCUT2D eigenvalue weighted by atomic mass is 9.80. The molecular weight excluding hydrogens is 326 g/mol. The second-order valence-electron chi connectivity index (χ2n) is 7.64. The number of benzene rings is 1. The van der Waals surface area contributed by atoms with Crippen molar-refractivity contribution in [3.8, 4) is 0 Å². The van der Waals surface area contributed by atoms with E-state index in [-0.39, 0.29) is 11.6 Å². The first-order chi connectivity index (χ1) is 12.7. The van der Waals surface area contributed by atoms with E-state index in [0.717, 1.165) is 44.8 Å². The summed E-state index contributed by atoms with van der Waals surface area (Å²) < 4.78 is 5.53. The van der Waals surface area contributed by atoms with E-state index in [1.807, 2.05) is 12.1 Å². The van der Waals surface area contributed by atoms with Crippen LogP contribution in [0.15, 0.2) is 24.3 Å². The number of aryl methyl sites for hydroxylation is 1. The molecule has 1 aliphatic carbocycles. The van der Waals surface area contributed by atoms with Crippen LogP contribution in [-0.4, -0.2) is 49.3 Å². The summed E-state index contributed by atoms with van der Waals surface area (Å²) >= 11 is 0. The molecule has 144 valence electrons. The number of carbonyl (C=O) groups is 1.